The first-order valence-corrected chi connectivity index (χ1v) is 3.82. The fourth-order valence-electron chi connectivity index (χ4n) is 0.372. The Kier molecular flexibility index (Phi) is 4.18. The summed E-state index contributed by atoms with van der Waals surface area (Å²) in [7, 11) is -0.960. The van der Waals surface area contributed by atoms with Crippen molar-refractivity contribution in [3.8, 4) is 0 Å². The molecule has 0 aromatic rings. The zero-order chi connectivity index (χ0) is 8.91. The lowest BCUT2D eigenvalue weighted by molar-refractivity contribution is -0.189. The molecule has 2 N–H and O–H groups in total. The van der Waals surface area contributed by atoms with Gasteiger partial charge in [0.05, 0.1) is 6.61 Å². The average Bonchev–Trinajstić information content (AvgIpc) is 2.00. The highest BCUT2D eigenvalue weighted by atomic mass is 31.1. The quantitative estimate of drug-likeness (QED) is 0.473. The molecule has 0 aliphatic heterocycles. The van der Waals surface area contributed by atoms with Gasteiger partial charge in [0.15, 0.2) is 0 Å². The predicted molar refractivity (Wildman–Crippen MR) is 36.4 cm³/mol. The molecule has 0 heterocycles. The van der Waals surface area contributed by atoms with Gasteiger partial charge in [0.1, 0.15) is 0 Å². The zero-order valence-corrected chi connectivity index (χ0v) is 6.88. The van der Waals surface area contributed by atoms with Gasteiger partial charge in [-0.25, -0.2) is 4.79 Å². The highest BCUT2D eigenvalue weighted by Crippen LogP contribution is 2.21. The fourth-order valence-corrected chi connectivity index (χ4v) is 0.594. The molecule has 5 nitrogen and oxygen atoms in total. The smallest absolute Gasteiger partial charge is 0.377 e. The molecule has 0 aliphatic rings. The molecule has 0 radical (unpaired) electrons. The number of aliphatic hydroxyl groups is 1. The highest BCUT2D eigenvalue weighted by Gasteiger charge is 2.38. The van der Waals surface area contributed by atoms with Crippen molar-refractivity contribution in [3.05, 3.63) is 0 Å². The van der Waals surface area contributed by atoms with Gasteiger partial charge in [0, 0.05) is 0 Å². The minimum Gasteiger partial charge on any atom is -0.477 e. The second-order valence-corrected chi connectivity index (χ2v) is 2.64. The second-order valence-electron chi connectivity index (χ2n) is 1.85. The van der Waals surface area contributed by atoms with Crippen molar-refractivity contribution < 1.29 is 24.3 Å². The van der Waals surface area contributed by atoms with E-state index < -0.39 is 20.0 Å². The van der Waals surface area contributed by atoms with Gasteiger partial charge in [-0.05, 0) is 6.42 Å². The summed E-state index contributed by atoms with van der Waals surface area (Å²) < 4.78 is 14.5. The Morgan fingerprint density at radius 3 is 2.55 bits per heavy atom. The number of hydrogen-bond donors (Lipinski definition) is 2. The van der Waals surface area contributed by atoms with Crippen molar-refractivity contribution >= 4 is 14.4 Å². The molecule has 0 saturated heterocycles. The van der Waals surface area contributed by atoms with Crippen LogP contribution in [0.4, 0.5) is 0 Å². The largest absolute Gasteiger partial charge is 0.477 e. The average molecular weight is 180 g/mol. The number of carboxylic acids is 1. The summed E-state index contributed by atoms with van der Waals surface area (Å²) in [5, 5.41) is 17.2. The van der Waals surface area contributed by atoms with Crippen LogP contribution in [0, 0.1) is 0 Å². The second kappa shape index (κ2) is 4.38. The minimum atomic E-state index is -2.57. The first kappa shape index (κ1) is 10.5. The lowest BCUT2D eigenvalue weighted by atomic mass is 10.5. The van der Waals surface area contributed by atoms with E-state index in [-0.39, 0.29) is 6.61 Å². The Morgan fingerprint density at radius 2 is 2.27 bits per heavy atom. The standard InChI is InChI=1S/C5H9O5P/c1-2-3-10-5(8,11-9)4(6)7/h8H,2-3H2,1H3,(H,6,7). The number of carbonyl (C=O) groups is 1. The number of rotatable bonds is 5. The third-order valence-electron chi connectivity index (χ3n) is 0.910. The van der Waals surface area contributed by atoms with E-state index in [1.165, 1.54) is 0 Å². The first-order valence-electron chi connectivity index (χ1n) is 3.01. The van der Waals surface area contributed by atoms with Crippen molar-refractivity contribution in [2.24, 2.45) is 0 Å². The molecule has 6 heteroatoms. The third kappa shape index (κ3) is 2.93. The maximum Gasteiger partial charge on any atom is 0.377 e. The van der Waals surface area contributed by atoms with Crippen LogP contribution < -0.4 is 0 Å². The topological polar surface area (TPSA) is 83.8 Å². The van der Waals surface area contributed by atoms with E-state index >= 15 is 0 Å². The lowest BCUT2D eigenvalue weighted by Crippen LogP contribution is -2.35. The van der Waals surface area contributed by atoms with Gasteiger partial charge in [-0.15, -0.1) is 0 Å². The maximum atomic E-state index is 10.2. The molecule has 11 heavy (non-hydrogen) atoms. The summed E-state index contributed by atoms with van der Waals surface area (Å²) in [5.41, 5.74) is -2.57. The molecule has 0 bridgehead atoms. The maximum absolute atomic E-state index is 10.2. The molecule has 1 atom stereocenters. The van der Waals surface area contributed by atoms with Crippen molar-refractivity contribution in [3.63, 3.8) is 0 Å². The molecule has 0 aromatic carbocycles. The van der Waals surface area contributed by atoms with E-state index in [4.69, 9.17) is 10.2 Å². The van der Waals surface area contributed by atoms with Crippen molar-refractivity contribution in [1.82, 2.24) is 0 Å². The van der Waals surface area contributed by atoms with Gasteiger partial charge >= 0.3 is 11.5 Å². The third-order valence-corrected chi connectivity index (χ3v) is 1.48. The van der Waals surface area contributed by atoms with E-state index in [2.05, 4.69) is 4.74 Å². The van der Waals surface area contributed by atoms with Crippen LogP contribution in [0.5, 0.6) is 0 Å². The summed E-state index contributed by atoms with van der Waals surface area (Å²) in [6.45, 7) is 1.79. The van der Waals surface area contributed by atoms with Gasteiger partial charge in [-0.1, -0.05) is 6.92 Å². The Bertz CT molecular complexity index is 159. The number of hydrogen-bond acceptors (Lipinski definition) is 4. The molecular weight excluding hydrogens is 171 g/mol. The van der Waals surface area contributed by atoms with E-state index in [0.717, 1.165) is 0 Å². The summed E-state index contributed by atoms with van der Waals surface area (Å²) in [6, 6.07) is 0. The van der Waals surface area contributed by atoms with Crippen LogP contribution in [-0.4, -0.2) is 28.3 Å². The van der Waals surface area contributed by atoms with Crippen LogP contribution in [0.25, 0.3) is 0 Å². The predicted octanol–water partition coefficient (Wildman–Crippen LogP) is 0.435. The molecule has 0 fully saturated rings. The molecule has 1 unspecified atom stereocenters. The van der Waals surface area contributed by atoms with Crippen LogP contribution in [0.2, 0.25) is 0 Å². The fraction of sp³-hybridized carbons (Fsp3) is 0.800. The molecule has 0 aromatic heterocycles. The lowest BCUT2D eigenvalue weighted by Gasteiger charge is -2.14. The summed E-state index contributed by atoms with van der Waals surface area (Å²) in [5.74, 6) is -1.65. The van der Waals surface area contributed by atoms with Gasteiger partial charge in [-0.3, -0.25) is 4.57 Å². The Balaban J connectivity index is 4.10. The van der Waals surface area contributed by atoms with Gasteiger partial charge in [0.25, 0.3) is 0 Å². The Morgan fingerprint density at radius 1 is 1.73 bits per heavy atom. The minimum absolute atomic E-state index is 0.0536. The van der Waals surface area contributed by atoms with Gasteiger partial charge < -0.3 is 14.9 Å². The van der Waals surface area contributed by atoms with Crippen molar-refractivity contribution in [2.75, 3.05) is 6.61 Å². The van der Waals surface area contributed by atoms with Crippen LogP contribution in [-0.2, 0) is 14.1 Å². The van der Waals surface area contributed by atoms with Crippen molar-refractivity contribution in [2.45, 2.75) is 18.9 Å². The normalized spacial score (nSPS) is 16.2. The molecule has 64 valence electrons. The highest BCUT2D eigenvalue weighted by molar-refractivity contribution is 7.27. The van der Waals surface area contributed by atoms with Gasteiger partial charge in [-0.2, -0.15) is 0 Å². The Labute approximate surface area is 65.2 Å². The van der Waals surface area contributed by atoms with Crippen LogP contribution >= 0.6 is 8.46 Å². The summed E-state index contributed by atoms with van der Waals surface area (Å²) in [4.78, 5) is 10.2. The van der Waals surface area contributed by atoms with Crippen LogP contribution in [0.1, 0.15) is 13.3 Å². The molecule has 0 spiro atoms. The first-order chi connectivity index (χ1) is 5.06. The van der Waals surface area contributed by atoms with E-state index in [0.29, 0.717) is 6.42 Å². The number of carboxylic acid groups (broad SMARTS) is 1. The zero-order valence-electron chi connectivity index (χ0n) is 5.98. The van der Waals surface area contributed by atoms with E-state index in [1.807, 2.05) is 0 Å². The molecule has 0 rings (SSSR count). The SMILES string of the molecule is CCCOC(O)(P=O)C(=O)O. The summed E-state index contributed by atoms with van der Waals surface area (Å²) >= 11 is 0. The van der Waals surface area contributed by atoms with E-state index in [9.17, 15) is 9.36 Å². The van der Waals surface area contributed by atoms with Gasteiger partial charge in [0.2, 0.25) is 8.46 Å². The molecule has 0 saturated carbocycles. The van der Waals surface area contributed by atoms with Crippen LogP contribution in [0.15, 0.2) is 0 Å². The van der Waals surface area contributed by atoms with Crippen LogP contribution in [0.3, 0.4) is 0 Å². The summed E-state index contributed by atoms with van der Waals surface area (Å²) in [6.07, 6.45) is 0.547. The monoisotopic (exact) mass is 180 g/mol. The van der Waals surface area contributed by atoms with E-state index in [1.54, 1.807) is 6.92 Å². The van der Waals surface area contributed by atoms with Crippen molar-refractivity contribution in [1.29, 1.82) is 0 Å². The molecule has 0 aliphatic carbocycles. The Hall–Kier alpha value is -0.510. The number of ether oxygens (including phenoxy) is 1. The molecule has 0 amide bonds. The number of aliphatic carboxylic acids is 1. The molecular formula is C5H9O5P.